The summed E-state index contributed by atoms with van der Waals surface area (Å²) < 4.78 is 0. The van der Waals surface area contributed by atoms with Crippen molar-refractivity contribution in [2.75, 3.05) is 6.54 Å². The van der Waals surface area contributed by atoms with Gasteiger partial charge in [-0.3, -0.25) is 10.1 Å². The van der Waals surface area contributed by atoms with Crippen LogP contribution >= 0.6 is 0 Å². The van der Waals surface area contributed by atoms with Crippen LogP contribution in [-0.2, 0) is 4.79 Å². The van der Waals surface area contributed by atoms with Gasteiger partial charge >= 0.3 is 6.03 Å². The van der Waals surface area contributed by atoms with Crippen molar-refractivity contribution in [2.45, 2.75) is 58.9 Å². The second-order valence-corrected chi connectivity index (χ2v) is 5.19. The highest BCUT2D eigenvalue weighted by atomic mass is 16.2. The van der Waals surface area contributed by atoms with E-state index in [1.54, 1.807) is 4.90 Å². The summed E-state index contributed by atoms with van der Waals surface area (Å²) >= 11 is 0. The van der Waals surface area contributed by atoms with Crippen molar-refractivity contribution < 1.29 is 9.59 Å². The molecule has 0 aromatic rings. The summed E-state index contributed by atoms with van der Waals surface area (Å²) in [5.41, 5.74) is -0.603. The minimum atomic E-state index is -0.603. The summed E-state index contributed by atoms with van der Waals surface area (Å²) in [6.45, 7) is 8.95. The third-order valence-corrected chi connectivity index (χ3v) is 3.74. The Bertz CT molecular complexity index is 296. The van der Waals surface area contributed by atoms with Gasteiger partial charge in [0.25, 0.3) is 5.91 Å². The summed E-state index contributed by atoms with van der Waals surface area (Å²) in [6, 6.07) is -0.220. The van der Waals surface area contributed by atoms with Crippen molar-refractivity contribution in [3.05, 3.63) is 0 Å². The van der Waals surface area contributed by atoms with Crippen LogP contribution in [0.5, 0.6) is 0 Å². The molecule has 1 aliphatic heterocycles. The standard InChI is InChI=1S/C13H24N2O2/c1-5-13(6-2)11(16)14-12(17)15(13)9-7-8-10(3)4/h10H,5-9H2,1-4H3,(H,14,16,17). The minimum absolute atomic E-state index is 0.128. The second kappa shape index (κ2) is 5.52. The zero-order valence-corrected chi connectivity index (χ0v) is 11.4. The molecule has 1 saturated heterocycles. The van der Waals surface area contributed by atoms with Gasteiger partial charge in [-0.15, -0.1) is 0 Å². The summed E-state index contributed by atoms with van der Waals surface area (Å²) in [5.74, 6) is 0.506. The quantitative estimate of drug-likeness (QED) is 0.725. The van der Waals surface area contributed by atoms with Crippen molar-refractivity contribution in [1.29, 1.82) is 0 Å². The molecule has 0 aromatic heterocycles. The van der Waals surface area contributed by atoms with Crippen LogP contribution in [0, 0.1) is 5.92 Å². The van der Waals surface area contributed by atoms with Gasteiger partial charge in [0.2, 0.25) is 0 Å². The highest BCUT2D eigenvalue weighted by Crippen LogP contribution is 2.29. The van der Waals surface area contributed by atoms with E-state index in [4.69, 9.17) is 0 Å². The molecular formula is C13H24N2O2. The van der Waals surface area contributed by atoms with Crippen LogP contribution in [0.15, 0.2) is 0 Å². The van der Waals surface area contributed by atoms with Crippen molar-refractivity contribution >= 4 is 11.9 Å². The van der Waals surface area contributed by atoms with E-state index >= 15 is 0 Å². The van der Waals surface area contributed by atoms with Gasteiger partial charge < -0.3 is 4.90 Å². The van der Waals surface area contributed by atoms with E-state index < -0.39 is 5.54 Å². The van der Waals surface area contributed by atoms with Crippen LogP contribution in [0.4, 0.5) is 4.79 Å². The number of amides is 3. The number of carbonyl (C=O) groups is 2. The monoisotopic (exact) mass is 240 g/mol. The number of nitrogens with zero attached hydrogens (tertiary/aromatic N) is 1. The first kappa shape index (κ1) is 14.0. The van der Waals surface area contributed by atoms with Crippen molar-refractivity contribution in [3.63, 3.8) is 0 Å². The maximum absolute atomic E-state index is 11.9. The fraction of sp³-hybridized carbons (Fsp3) is 0.846. The van der Waals surface area contributed by atoms with Crippen molar-refractivity contribution in [2.24, 2.45) is 5.92 Å². The van der Waals surface area contributed by atoms with Gasteiger partial charge in [0.15, 0.2) is 0 Å². The summed E-state index contributed by atoms with van der Waals surface area (Å²) in [4.78, 5) is 25.4. The normalized spacial score (nSPS) is 19.0. The zero-order chi connectivity index (χ0) is 13.1. The molecule has 0 aliphatic carbocycles. The molecule has 0 bridgehead atoms. The van der Waals surface area contributed by atoms with Crippen LogP contribution in [0.3, 0.4) is 0 Å². The Morgan fingerprint density at radius 3 is 2.29 bits per heavy atom. The van der Waals surface area contributed by atoms with Gasteiger partial charge in [-0.2, -0.15) is 0 Å². The Morgan fingerprint density at radius 1 is 1.24 bits per heavy atom. The molecule has 4 nitrogen and oxygen atoms in total. The molecule has 1 fully saturated rings. The highest BCUT2D eigenvalue weighted by molar-refractivity contribution is 6.06. The van der Waals surface area contributed by atoms with E-state index in [1.165, 1.54) is 0 Å². The molecule has 0 radical (unpaired) electrons. The lowest BCUT2D eigenvalue weighted by Crippen LogP contribution is -2.49. The van der Waals surface area contributed by atoms with Gasteiger partial charge in [0.1, 0.15) is 5.54 Å². The molecule has 1 rings (SSSR count). The summed E-state index contributed by atoms with van der Waals surface area (Å²) in [5, 5.41) is 2.45. The molecule has 0 aromatic carbocycles. The van der Waals surface area contributed by atoms with Crippen LogP contribution in [-0.4, -0.2) is 28.9 Å². The second-order valence-electron chi connectivity index (χ2n) is 5.19. The smallest absolute Gasteiger partial charge is 0.310 e. The molecule has 1 heterocycles. The third-order valence-electron chi connectivity index (χ3n) is 3.74. The number of carbonyl (C=O) groups excluding carboxylic acids is 2. The van der Waals surface area contributed by atoms with Crippen molar-refractivity contribution in [3.8, 4) is 0 Å². The third kappa shape index (κ3) is 2.61. The molecule has 0 unspecified atom stereocenters. The van der Waals surface area contributed by atoms with Crippen LogP contribution in [0.2, 0.25) is 0 Å². The Morgan fingerprint density at radius 2 is 1.82 bits per heavy atom. The number of nitrogens with one attached hydrogen (secondary N) is 1. The first-order valence-electron chi connectivity index (χ1n) is 6.61. The Labute approximate surface area is 104 Å². The zero-order valence-electron chi connectivity index (χ0n) is 11.4. The molecular weight excluding hydrogens is 216 g/mol. The van der Waals surface area contributed by atoms with Crippen LogP contribution < -0.4 is 5.32 Å². The molecule has 0 atom stereocenters. The molecule has 98 valence electrons. The highest BCUT2D eigenvalue weighted by Gasteiger charge is 2.49. The van der Waals surface area contributed by atoms with E-state index in [9.17, 15) is 9.59 Å². The number of hydrogen-bond acceptors (Lipinski definition) is 2. The molecule has 4 heteroatoms. The van der Waals surface area contributed by atoms with E-state index in [0.29, 0.717) is 25.3 Å². The summed E-state index contributed by atoms with van der Waals surface area (Å²) in [6.07, 6.45) is 3.41. The minimum Gasteiger partial charge on any atom is -0.310 e. The molecule has 1 aliphatic rings. The molecule has 1 N–H and O–H groups in total. The van der Waals surface area contributed by atoms with E-state index in [0.717, 1.165) is 12.8 Å². The van der Waals surface area contributed by atoms with Crippen LogP contribution in [0.25, 0.3) is 0 Å². The number of imide groups is 1. The number of hydrogen-bond donors (Lipinski definition) is 1. The van der Waals surface area contributed by atoms with Crippen LogP contribution in [0.1, 0.15) is 53.4 Å². The van der Waals surface area contributed by atoms with E-state index in [-0.39, 0.29) is 11.9 Å². The number of rotatable bonds is 6. The molecule has 0 saturated carbocycles. The maximum atomic E-state index is 11.9. The fourth-order valence-corrected chi connectivity index (χ4v) is 2.52. The topological polar surface area (TPSA) is 49.4 Å². The van der Waals surface area contributed by atoms with E-state index in [1.807, 2.05) is 13.8 Å². The maximum Gasteiger partial charge on any atom is 0.325 e. The van der Waals surface area contributed by atoms with Gasteiger partial charge in [-0.05, 0) is 31.6 Å². The average molecular weight is 240 g/mol. The average Bonchev–Trinajstić information content (AvgIpc) is 2.50. The van der Waals surface area contributed by atoms with Gasteiger partial charge in [0, 0.05) is 6.54 Å². The Kier molecular flexibility index (Phi) is 4.54. The first-order chi connectivity index (χ1) is 7.97. The molecule has 3 amide bonds. The largest absolute Gasteiger partial charge is 0.325 e. The van der Waals surface area contributed by atoms with Gasteiger partial charge in [-0.1, -0.05) is 27.7 Å². The van der Waals surface area contributed by atoms with Gasteiger partial charge in [-0.25, -0.2) is 4.79 Å². The fourth-order valence-electron chi connectivity index (χ4n) is 2.52. The molecule has 0 spiro atoms. The molecule has 17 heavy (non-hydrogen) atoms. The predicted molar refractivity (Wildman–Crippen MR) is 67.6 cm³/mol. The van der Waals surface area contributed by atoms with Gasteiger partial charge in [0.05, 0.1) is 0 Å². The first-order valence-corrected chi connectivity index (χ1v) is 6.61. The lowest BCUT2D eigenvalue weighted by Gasteiger charge is -2.33. The Balaban J connectivity index is 2.72. The number of urea groups is 1. The van der Waals surface area contributed by atoms with Crippen molar-refractivity contribution in [1.82, 2.24) is 10.2 Å². The predicted octanol–water partition coefficient (Wildman–Crippen LogP) is 2.53. The lowest BCUT2D eigenvalue weighted by atomic mass is 9.91. The lowest BCUT2D eigenvalue weighted by molar-refractivity contribution is -0.127. The van der Waals surface area contributed by atoms with E-state index in [2.05, 4.69) is 19.2 Å². The SMILES string of the molecule is CCC1(CC)C(=O)NC(=O)N1CCCC(C)C. The Hall–Kier alpha value is -1.06. The summed E-state index contributed by atoms with van der Waals surface area (Å²) in [7, 11) is 0.